The molecule has 0 radical (unpaired) electrons. The molecule has 1 fully saturated rings. The molecule has 1 aromatic carbocycles. The van der Waals surface area contributed by atoms with Crippen LogP contribution in [0.1, 0.15) is 50.7 Å². The number of likely N-dealkylation sites (tertiary alicyclic amines) is 1. The summed E-state index contributed by atoms with van der Waals surface area (Å²) in [5.41, 5.74) is 1.73. The molecule has 1 aliphatic heterocycles. The molecule has 0 aromatic heterocycles. The second-order valence-corrected chi connectivity index (χ2v) is 9.52. The Bertz CT molecular complexity index is 841. The Morgan fingerprint density at radius 2 is 1.75 bits per heavy atom. The molecule has 1 saturated heterocycles. The van der Waals surface area contributed by atoms with Crippen LogP contribution in [0.3, 0.4) is 0 Å². The van der Waals surface area contributed by atoms with Crippen molar-refractivity contribution in [2.75, 3.05) is 53.6 Å². The van der Waals surface area contributed by atoms with E-state index in [2.05, 4.69) is 46.7 Å². The third kappa shape index (κ3) is 8.01. The molecule has 1 atom stereocenters. The third-order valence-electron chi connectivity index (χ3n) is 6.99. The van der Waals surface area contributed by atoms with Crippen LogP contribution in [0.2, 0.25) is 0 Å². The largest absolute Gasteiger partial charge is 0.383 e. The van der Waals surface area contributed by atoms with Crippen LogP contribution in [-0.2, 0) is 25.5 Å². The van der Waals surface area contributed by atoms with Crippen molar-refractivity contribution in [3.05, 3.63) is 35.4 Å². The number of carbonyl (C=O) groups is 3. The first-order valence-electron chi connectivity index (χ1n) is 13.0. The fraction of sp³-hybridized carbons (Fsp3) is 0.667. The lowest BCUT2D eigenvalue weighted by Gasteiger charge is -2.53. The molecule has 36 heavy (non-hydrogen) atoms. The van der Waals surface area contributed by atoms with E-state index in [9.17, 15) is 14.4 Å². The number of hydrogen-bond acceptors (Lipinski definition) is 6. The van der Waals surface area contributed by atoms with E-state index in [-0.39, 0.29) is 18.4 Å². The number of amides is 4. The second-order valence-electron chi connectivity index (χ2n) is 9.52. The van der Waals surface area contributed by atoms with Gasteiger partial charge in [-0.3, -0.25) is 9.59 Å². The molecule has 1 aromatic rings. The van der Waals surface area contributed by atoms with Gasteiger partial charge < -0.3 is 25.0 Å². The molecule has 2 rings (SSSR count). The number of unbranched alkanes of at least 4 members (excludes halogenated alkanes) is 1. The van der Waals surface area contributed by atoms with Crippen molar-refractivity contribution in [1.82, 2.24) is 20.4 Å². The molecule has 0 spiro atoms. The average molecular weight is 505 g/mol. The highest BCUT2D eigenvalue weighted by molar-refractivity contribution is 6.03. The Morgan fingerprint density at radius 1 is 1.06 bits per heavy atom. The molecule has 9 heteroatoms. The Balaban J connectivity index is 1.79. The lowest BCUT2D eigenvalue weighted by Crippen LogP contribution is -2.72. The van der Waals surface area contributed by atoms with Gasteiger partial charge in [-0.15, -0.1) is 0 Å². The number of carbonyl (C=O) groups excluding carboxylic acids is 3. The minimum Gasteiger partial charge on any atom is -0.383 e. The highest BCUT2D eigenvalue weighted by atomic mass is 16.5. The zero-order valence-electron chi connectivity index (χ0n) is 22.6. The standard InChI is InChI=1S/C27H44N4O5/c1-6-27(7-2)24(33)31(25(27)36-20-23(32)28-16-17-30(4)18-19-35-5)26(34)29-15-9-8-10-22-13-11-21(3)12-14-22/h11-14,25H,6-10,15-20H2,1-5H3,(H,28,32)(H,29,34)/t25-/m0/s1. The fourth-order valence-corrected chi connectivity index (χ4v) is 4.41. The van der Waals surface area contributed by atoms with Gasteiger partial charge >= 0.3 is 6.03 Å². The first-order valence-corrected chi connectivity index (χ1v) is 13.0. The average Bonchev–Trinajstić information content (AvgIpc) is 2.86. The summed E-state index contributed by atoms with van der Waals surface area (Å²) in [7, 11) is 3.61. The summed E-state index contributed by atoms with van der Waals surface area (Å²) in [5.74, 6) is -0.512. The van der Waals surface area contributed by atoms with Gasteiger partial charge in [-0.25, -0.2) is 9.69 Å². The van der Waals surface area contributed by atoms with Crippen molar-refractivity contribution in [2.24, 2.45) is 5.41 Å². The Labute approximate surface area is 215 Å². The first kappa shape index (κ1) is 29.7. The van der Waals surface area contributed by atoms with Crippen molar-refractivity contribution in [2.45, 2.75) is 59.1 Å². The van der Waals surface area contributed by atoms with E-state index in [1.165, 1.54) is 11.1 Å². The SMILES string of the molecule is CCC1(CC)C(=O)N(C(=O)NCCCCc2ccc(C)cc2)[C@H]1OCC(=O)NCCN(C)CCOC. The van der Waals surface area contributed by atoms with Gasteiger partial charge in [-0.1, -0.05) is 43.7 Å². The maximum absolute atomic E-state index is 12.9. The lowest BCUT2D eigenvalue weighted by molar-refractivity contribution is -0.210. The number of β-lactam (4-membered cyclic amide) rings is 1. The van der Waals surface area contributed by atoms with E-state index < -0.39 is 17.7 Å². The number of likely N-dealkylation sites (N-methyl/N-ethyl adjacent to an activating group) is 1. The van der Waals surface area contributed by atoms with Crippen LogP contribution in [0.5, 0.6) is 0 Å². The second kappa shape index (κ2) is 14.9. The smallest absolute Gasteiger partial charge is 0.326 e. The van der Waals surface area contributed by atoms with Gasteiger partial charge in [0.1, 0.15) is 6.61 Å². The summed E-state index contributed by atoms with van der Waals surface area (Å²) >= 11 is 0. The Kier molecular flexibility index (Phi) is 12.3. The van der Waals surface area contributed by atoms with Crippen molar-refractivity contribution in [3.8, 4) is 0 Å². The molecule has 2 N–H and O–H groups in total. The third-order valence-corrected chi connectivity index (χ3v) is 6.99. The number of ether oxygens (including phenoxy) is 2. The number of urea groups is 1. The van der Waals surface area contributed by atoms with Crippen molar-refractivity contribution in [3.63, 3.8) is 0 Å². The Hall–Kier alpha value is -2.49. The maximum Gasteiger partial charge on any atom is 0.326 e. The van der Waals surface area contributed by atoms with Crippen molar-refractivity contribution in [1.29, 1.82) is 0 Å². The van der Waals surface area contributed by atoms with E-state index in [1.54, 1.807) is 7.11 Å². The zero-order chi connectivity index (χ0) is 26.6. The summed E-state index contributed by atoms with van der Waals surface area (Å²) in [4.78, 5) is 41.3. The van der Waals surface area contributed by atoms with Gasteiger partial charge in [0.25, 0.3) is 0 Å². The number of methoxy groups -OCH3 is 1. The first-order chi connectivity index (χ1) is 17.3. The molecule has 4 amide bonds. The van der Waals surface area contributed by atoms with E-state index in [4.69, 9.17) is 9.47 Å². The summed E-state index contributed by atoms with van der Waals surface area (Å²) in [6.07, 6.45) is 3.02. The van der Waals surface area contributed by atoms with Crippen LogP contribution in [0, 0.1) is 12.3 Å². The number of rotatable bonds is 16. The van der Waals surface area contributed by atoms with Crippen LogP contribution in [0.25, 0.3) is 0 Å². The predicted molar refractivity (Wildman–Crippen MR) is 139 cm³/mol. The van der Waals surface area contributed by atoms with Crippen LogP contribution in [0.4, 0.5) is 4.79 Å². The molecule has 1 aliphatic rings. The lowest BCUT2D eigenvalue weighted by atomic mass is 9.72. The van der Waals surface area contributed by atoms with E-state index in [0.29, 0.717) is 39.1 Å². The van der Waals surface area contributed by atoms with Crippen molar-refractivity contribution >= 4 is 17.8 Å². The van der Waals surface area contributed by atoms with Gasteiger partial charge in [0.15, 0.2) is 6.23 Å². The number of hydrogen-bond donors (Lipinski definition) is 2. The number of nitrogens with one attached hydrogen (secondary N) is 2. The molecular formula is C27H44N4O5. The summed E-state index contributed by atoms with van der Waals surface area (Å²) in [6, 6.07) is 7.99. The van der Waals surface area contributed by atoms with Crippen molar-refractivity contribution < 1.29 is 23.9 Å². The normalized spacial score (nSPS) is 16.7. The summed E-state index contributed by atoms with van der Waals surface area (Å²) in [5, 5.41) is 5.67. The number of imide groups is 1. The highest BCUT2D eigenvalue weighted by Crippen LogP contribution is 2.45. The molecule has 0 bridgehead atoms. The molecule has 9 nitrogen and oxygen atoms in total. The van der Waals surface area contributed by atoms with Gasteiger partial charge in [-0.2, -0.15) is 0 Å². The van der Waals surface area contributed by atoms with Crippen LogP contribution < -0.4 is 10.6 Å². The quantitative estimate of drug-likeness (QED) is 0.265. The maximum atomic E-state index is 12.9. The minimum atomic E-state index is -0.774. The number of benzene rings is 1. The highest BCUT2D eigenvalue weighted by Gasteiger charge is 2.61. The number of nitrogens with zero attached hydrogens (tertiary/aromatic N) is 2. The zero-order valence-corrected chi connectivity index (χ0v) is 22.6. The predicted octanol–water partition coefficient (Wildman–Crippen LogP) is 2.71. The molecule has 1 heterocycles. The summed E-state index contributed by atoms with van der Waals surface area (Å²) in [6.45, 7) is 8.72. The van der Waals surface area contributed by atoms with Gasteiger partial charge in [0, 0.05) is 33.3 Å². The minimum absolute atomic E-state index is 0.207. The van der Waals surface area contributed by atoms with E-state index >= 15 is 0 Å². The molecular weight excluding hydrogens is 460 g/mol. The van der Waals surface area contributed by atoms with Crippen LogP contribution >= 0.6 is 0 Å². The topological polar surface area (TPSA) is 100 Å². The van der Waals surface area contributed by atoms with E-state index in [1.807, 2.05) is 20.9 Å². The van der Waals surface area contributed by atoms with Gasteiger partial charge in [0.05, 0.1) is 12.0 Å². The fourth-order valence-electron chi connectivity index (χ4n) is 4.41. The molecule has 202 valence electrons. The monoisotopic (exact) mass is 504 g/mol. The van der Waals surface area contributed by atoms with Crippen LogP contribution in [-0.4, -0.2) is 87.4 Å². The molecule has 0 aliphatic carbocycles. The molecule has 0 unspecified atom stereocenters. The van der Waals surface area contributed by atoms with Crippen LogP contribution in [0.15, 0.2) is 24.3 Å². The summed E-state index contributed by atoms with van der Waals surface area (Å²) < 4.78 is 10.9. The van der Waals surface area contributed by atoms with Gasteiger partial charge in [-0.05, 0) is 51.6 Å². The number of aryl methyl sites for hydroxylation is 2. The van der Waals surface area contributed by atoms with Gasteiger partial charge in [0.2, 0.25) is 11.8 Å². The van der Waals surface area contributed by atoms with E-state index in [0.717, 1.165) is 30.7 Å². The Morgan fingerprint density at radius 3 is 2.39 bits per heavy atom. The molecule has 0 saturated carbocycles.